The largest absolute Gasteiger partial charge is 0.630 e. The highest BCUT2D eigenvalue weighted by Crippen LogP contribution is 2.34. The van der Waals surface area contributed by atoms with Crippen LogP contribution in [-0.4, -0.2) is 233 Å². The van der Waals surface area contributed by atoms with Gasteiger partial charge in [0.05, 0.1) is 52.9 Å². The van der Waals surface area contributed by atoms with Gasteiger partial charge in [-0.25, -0.2) is 4.79 Å². The first kappa shape index (κ1) is 79.9. The highest BCUT2D eigenvalue weighted by molar-refractivity contribution is 6.38. The van der Waals surface area contributed by atoms with E-state index in [4.69, 9.17) is 132 Å². The predicted molar refractivity (Wildman–Crippen MR) is 363 cm³/mol. The zero-order chi connectivity index (χ0) is 65.8. The number of rotatable bonds is 12. The molecule has 96 heavy (non-hydrogen) atoms. The van der Waals surface area contributed by atoms with Gasteiger partial charge >= 0.3 is 5.69 Å². The molecule has 0 spiro atoms. The monoisotopic (exact) mass is 1510 g/mol. The number of aromatic nitrogens is 12. The highest BCUT2D eigenvalue weighted by Gasteiger charge is 2.29. The third-order valence-corrected chi connectivity index (χ3v) is 17.0. The summed E-state index contributed by atoms with van der Waals surface area (Å²) in [6, 6.07) is 0.619. The number of nitrogen functional groups attached to an aromatic ring is 1. The molecule has 7 aliphatic heterocycles. The van der Waals surface area contributed by atoms with Crippen LogP contribution in [0, 0.1) is 15.6 Å². The predicted octanol–water partition coefficient (Wildman–Crippen LogP) is 1.32. The molecule has 6 aromatic rings. The molecule has 0 atom stereocenters. The van der Waals surface area contributed by atoms with Crippen molar-refractivity contribution in [2.75, 3.05) is 181 Å². The third-order valence-electron chi connectivity index (χ3n) is 15.3. The van der Waals surface area contributed by atoms with Gasteiger partial charge in [-0.05, 0) is 96.5 Å². The minimum absolute atomic E-state index is 0. The van der Waals surface area contributed by atoms with Crippen molar-refractivity contribution in [2.45, 2.75) is 56.7 Å². The Balaban J connectivity index is 0.000000192. The molecule has 17 N–H and O–H groups in total. The Hall–Kier alpha value is -5.05. The molecule has 0 saturated carbocycles. The lowest BCUT2D eigenvalue weighted by molar-refractivity contribution is -0.497. The van der Waals surface area contributed by atoms with Gasteiger partial charge in [0.15, 0.2) is 56.0 Å². The minimum atomic E-state index is -0.169. The molecule has 36 nitrogen and oxygen atoms in total. The Labute approximate surface area is 589 Å². The molecule has 0 bridgehead atoms. The van der Waals surface area contributed by atoms with Crippen molar-refractivity contribution >= 4 is 162 Å². The molecule has 6 aromatic heterocycles. The number of fused-ring (bicyclic) bond motifs is 1. The number of hydrogen-bond acceptors (Lipinski definition) is 28. The van der Waals surface area contributed by atoms with Gasteiger partial charge in [0, 0.05) is 110 Å². The molecule has 0 amide bonds. The fraction of sp³-hybridized carbons (Fsp3) is 0.596. The van der Waals surface area contributed by atoms with Crippen LogP contribution in [0.15, 0.2) is 4.79 Å². The van der Waals surface area contributed by atoms with Gasteiger partial charge in [-0.15, -0.1) is 0 Å². The topological polar surface area (TPSA) is 508 Å². The van der Waals surface area contributed by atoms with E-state index in [-0.39, 0.29) is 87.5 Å². The zero-order valence-corrected chi connectivity index (χ0v) is 57.6. The molecule has 7 fully saturated rings. The number of hydrogen-bond donors (Lipinski definition) is 7. The summed E-state index contributed by atoms with van der Waals surface area (Å²) in [6.07, 6.45) is 5.23. The van der Waals surface area contributed by atoms with Crippen LogP contribution in [0.4, 0.5) is 57.7 Å². The number of ether oxygens (including phenoxy) is 7. The lowest BCUT2D eigenvalue weighted by atomic mass is 10.1. The van der Waals surface area contributed by atoms with E-state index in [0.29, 0.717) is 193 Å². The molecule has 0 aliphatic carbocycles. The molecule has 534 valence electrons. The Kier molecular flexibility index (Phi) is 33.5. The van der Waals surface area contributed by atoms with Crippen LogP contribution in [0.1, 0.15) is 44.6 Å². The number of morpholine rings is 4. The average Bonchev–Trinajstić information content (AvgIpc) is 1.62. The maximum atomic E-state index is 12.5. The van der Waals surface area contributed by atoms with Crippen LogP contribution >= 0.6 is 92.8 Å². The summed E-state index contributed by atoms with van der Waals surface area (Å²) < 4.78 is 39.1. The first-order chi connectivity index (χ1) is 45.1. The fourth-order valence-corrected chi connectivity index (χ4v) is 12.2. The Morgan fingerprint density at radius 1 is 0.406 bits per heavy atom. The average molecular weight is 1520 g/mol. The second kappa shape index (κ2) is 40.3. The number of nitrogens with two attached hydrogens (primary N) is 4. The first-order valence-corrected chi connectivity index (χ1v) is 32.8. The number of aromatic amines is 1. The molecule has 44 heteroatoms. The van der Waals surface area contributed by atoms with Crippen molar-refractivity contribution in [1.29, 1.82) is 0 Å². The second-order valence-corrected chi connectivity index (χ2v) is 23.9. The van der Waals surface area contributed by atoms with E-state index in [0.717, 1.165) is 70.3 Å². The molecule has 0 unspecified atom stereocenters. The van der Waals surface area contributed by atoms with E-state index >= 15 is 0 Å². The SMILES string of the molecule is Nc1c(NC2CCOCC2)nc(Cl)nc1N1CCOCC1.O.O.O.O=c1[nH]c2c(N3CCOCC3)nc(Cl)nc2n1C1CCOCC1.[O-][NH2+]c1c(Cl)nc(Cl)nc1Cl.[O-][NH2+]c1c(Cl)nc(Cl)nc1N1CCOCC1.[O-][NH2+]c1c(NC2CCOCC2)nc(Cl)nc1N1CCOCC1. The molecule has 7 aliphatic rings. The van der Waals surface area contributed by atoms with E-state index < -0.39 is 0 Å². The maximum absolute atomic E-state index is 12.5. The quantitative estimate of drug-likeness (QED) is 0.0516. The van der Waals surface area contributed by atoms with Crippen molar-refractivity contribution < 1.29 is 66.0 Å². The van der Waals surface area contributed by atoms with Crippen LogP contribution in [0.5, 0.6) is 0 Å². The summed E-state index contributed by atoms with van der Waals surface area (Å²) in [7, 11) is 0. The molecule has 7 saturated heterocycles. The lowest BCUT2D eigenvalue weighted by Gasteiger charge is -2.30. The van der Waals surface area contributed by atoms with Crippen molar-refractivity contribution in [3.63, 3.8) is 0 Å². The van der Waals surface area contributed by atoms with Crippen LogP contribution in [0.3, 0.4) is 0 Å². The zero-order valence-electron chi connectivity index (χ0n) is 51.6. The normalized spacial score (nSPS) is 17.9. The standard InChI is InChI=1S/C14H18ClN5O3.C13H20ClN5O3.C13H20ClN5O2.C8H10Cl2N4O2.C4H2Cl3N3O.3H2O/c15-13-17-11(19-3-7-23-8-4-19)10-12(18-13)20(14(21)16-10)9-1-5-22-6-2-9;14-13-16-11(15-9-1-5-21-6-2-9)10(18-20)12(17-13)19-3-7-22-8-4-19;14-13-17-11(16-9-1-5-20-6-2-9)10(15)12(18-13)19-3-7-21-8-4-19;9-6-5(13-15)7(12-8(10)11-6)14-1-3-16-4-2-14;5-2-1(10-11)3(6)9-4(7)8-2;;;/h9H,1-8H2,(H,16,21);9H,1-8,18H2,(H,15,16,17);9H,1-8,15H2,(H,16,17,18);1-4,13H2;10H2;3*1H2. The molecule has 13 rings (SSSR count). The van der Waals surface area contributed by atoms with Crippen molar-refractivity contribution in [3.8, 4) is 0 Å². The molecule has 0 aromatic carbocycles. The minimum Gasteiger partial charge on any atom is -0.630 e. The van der Waals surface area contributed by atoms with Gasteiger partial charge in [0.25, 0.3) is 0 Å². The number of H-pyrrole nitrogens is 1. The number of quaternary nitrogens is 3. The summed E-state index contributed by atoms with van der Waals surface area (Å²) in [5.41, 5.74) is 10.5. The third kappa shape index (κ3) is 22.0. The van der Waals surface area contributed by atoms with E-state index in [2.05, 4.69) is 75.3 Å². The smallest absolute Gasteiger partial charge is 0.328 e. The lowest BCUT2D eigenvalue weighted by Crippen LogP contribution is -2.71. The summed E-state index contributed by atoms with van der Waals surface area (Å²) >= 11 is 46.1. The van der Waals surface area contributed by atoms with Gasteiger partial charge in [0.1, 0.15) is 11.2 Å². The van der Waals surface area contributed by atoms with Crippen molar-refractivity contribution in [3.05, 3.63) is 68.0 Å². The number of anilines is 7. The Morgan fingerprint density at radius 2 is 0.729 bits per heavy atom. The molecule has 13 heterocycles. The molecular formula is C52H76Cl8N22O14. The summed E-state index contributed by atoms with van der Waals surface area (Å²) in [5, 5.41) is 40.0. The van der Waals surface area contributed by atoms with Crippen LogP contribution in [0.25, 0.3) is 11.2 Å². The maximum Gasteiger partial charge on any atom is 0.328 e. The second-order valence-electron chi connectivity index (χ2n) is 21.1. The number of nitrogens with zero attached hydrogens (tertiary/aromatic N) is 15. The highest BCUT2D eigenvalue weighted by atomic mass is 35.5. The summed E-state index contributed by atoms with van der Waals surface area (Å²) in [6.45, 7) is 14.9. The van der Waals surface area contributed by atoms with Crippen LogP contribution < -0.4 is 58.1 Å². The van der Waals surface area contributed by atoms with Gasteiger partial charge in [-0.3, -0.25) is 4.57 Å². The van der Waals surface area contributed by atoms with E-state index in [1.807, 2.05) is 9.80 Å². The van der Waals surface area contributed by atoms with E-state index in [9.17, 15) is 20.4 Å². The van der Waals surface area contributed by atoms with E-state index in [1.54, 1.807) is 4.57 Å². The van der Waals surface area contributed by atoms with Crippen LogP contribution in [-0.2, 0) is 33.2 Å². The first-order valence-electron chi connectivity index (χ1n) is 29.7. The number of nitrogens with one attached hydrogen (secondary N) is 3. The van der Waals surface area contributed by atoms with Crippen molar-refractivity contribution in [2.24, 2.45) is 0 Å². The number of imidazole rings is 1. The van der Waals surface area contributed by atoms with E-state index in [1.165, 1.54) is 0 Å². The Bertz CT molecular complexity index is 3420. The van der Waals surface area contributed by atoms with Gasteiger partial charge in [-0.2, -0.15) is 49.8 Å². The molecular weight excluding hydrogens is 1440 g/mol. The molecule has 0 radical (unpaired) electrons. The number of halogens is 8. The van der Waals surface area contributed by atoms with Gasteiger partial charge in [-0.1, -0.05) is 34.8 Å². The Morgan fingerprint density at radius 3 is 1.18 bits per heavy atom. The van der Waals surface area contributed by atoms with Crippen molar-refractivity contribution in [1.82, 2.24) is 59.4 Å². The summed E-state index contributed by atoms with van der Waals surface area (Å²) in [5.74, 6) is 3.53. The van der Waals surface area contributed by atoms with Gasteiger partial charge in [0.2, 0.25) is 43.5 Å². The summed E-state index contributed by atoms with van der Waals surface area (Å²) in [4.78, 5) is 63.9. The fourth-order valence-electron chi connectivity index (χ4n) is 10.6. The van der Waals surface area contributed by atoms with Gasteiger partial charge < -0.3 is 123 Å². The van der Waals surface area contributed by atoms with Crippen LogP contribution in [0.2, 0.25) is 41.9 Å².